The Morgan fingerprint density at radius 1 is 1.14 bits per heavy atom. The largest absolute Gasteiger partial charge is 0.480 e. The van der Waals surface area contributed by atoms with E-state index in [9.17, 15) is 4.79 Å². The van der Waals surface area contributed by atoms with Gasteiger partial charge in [-0.25, -0.2) is 9.97 Å². The number of aromatic nitrogens is 3. The number of nitrogens with zero attached hydrogens (tertiary/aromatic N) is 4. The molecule has 0 aliphatic carbocycles. The van der Waals surface area contributed by atoms with E-state index in [2.05, 4.69) is 14.9 Å². The van der Waals surface area contributed by atoms with Gasteiger partial charge in [0.2, 0.25) is 11.8 Å². The summed E-state index contributed by atoms with van der Waals surface area (Å²) in [6.07, 6.45) is 1.66. The van der Waals surface area contributed by atoms with E-state index in [4.69, 9.17) is 20.9 Å². The van der Waals surface area contributed by atoms with E-state index in [0.717, 1.165) is 30.8 Å². The lowest BCUT2D eigenvalue weighted by atomic mass is 10.1. The monoisotopic (exact) mass is 396 g/mol. The van der Waals surface area contributed by atoms with Gasteiger partial charge in [-0.2, -0.15) is 0 Å². The Morgan fingerprint density at radius 2 is 1.93 bits per heavy atom. The molecule has 0 spiro atoms. The molecule has 2 aromatic heterocycles. The highest BCUT2D eigenvalue weighted by atomic mass is 16.5. The van der Waals surface area contributed by atoms with E-state index in [0.29, 0.717) is 42.2 Å². The van der Waals surface area contributed by atoms with Gasteiger partial charge in [0, 0.05) is 37.9 Å². The Bertz CT molecular complexity index is 1090. The van der Waals surface area contributed by atoms with Gasteiger partial charge in [0.1, 0.15) is 0 Å². The number of methoxy groups -OCH3 is 1. The number of pyridine rings is 1. The predicted octanol–water partition coefficient (Wildman–Crippen LogP) is 0.964. The summed E-state index contributed by atoms with van der Waals surface area (Å²) >= 11 is 0. The van der Waals surface area contributed by atoms with E-state index in [1.54, 1.807) is 24.4 Å². The zero-order chi connectivity index (χ0) is 20.4. The van der Waals surface area contributed by atoms with Crippen molar-refractivity contribution in [3.8, 4) is 17.0 Å². The van der Waals surface area contributed by atoms with Crippen molar-refractivity contribution < 1.29 is 9.47 Å². The van der Waals surface area contributed by atoms with Gasteiger partial charge in [-0.1, -0.05) is 6.07 Å². The Hall–Kier alpha value is -3.17. The van der Waals surface area contributed by atoms with Gasteiger partial charge in [0.05, 0.1) is 36.9 Å². The number of hydrogen-bond acceptors (Lipinski definition) is 8. The molecule has 0 atom stereocenters. The molecule has 0 unspecified atom stereocenters. The minimum Gasteiger partial charge on any atom is -0.480 e. The van der Waals surface area contributed by atoms with Gasteiger partial charge >= 0.3 is 0 Å². The van der Waals surface area contributed by atoms with Crippen LogP contribution in [0.25, 0.3) is 22.0 Å². The van der Waals surface area contributed by atoms with Crippen molar-refractivity contribution in [1.82, 2.24) is 19.4 Å². The molecule has 3 heterocycles. The molecule has 4 N–H and O–H groups in total. The maximum Gasteiger partial charge on any atom is 0.262 e. The zero-order valence-corrected chi connectivity index (χ0v) is 16.3. The summed E-state index contributed by atoms with van der Waals surface area (Å²) in [7, 11) is 1.52. The van der Waals surface area contributed by atoms with Crippen LogP contribution in [0.15, 0.2) is 35.3 Å². The molecule has 0 amide bonds. The van der Waals surface area contributed by atoms with Crippen LogP contribution < -0.4 is 21.8 Å². The fourth-order valence-electron chi connectivity index (χ4n) is 3.50. The Balaban J connectivity index is 1.68. The summed E-state index contributed by atoms with van der Waals surface area (Å²) in [4.78, 5) is 24.0. The molecular weight excluding hydrogens is 372 g/mol. The van der Waals surface area contributed by atoms with E-state index in [1.165, 1.54) is 11.7 Å². The van der Waals surface area contributed by atoms with Gasteiger partial charge in [-0.05, 0) is 23.8 Å². The number of benzene rings is 1. The Morgan fingerprint density at radius 3 is 2.66 bits per heavy atom. The number of nitrogens with two attached hydrogens (primary N) is 2. The topological polar surface area (TPSA) is 122 Å². The smallest absolute Gasteiger partial charge is 0.262 e. The van der Waals surface area contributed by atoms with Crippen molar-refractivity contribution in [2.45, 2.75) is 6.54 Å². The van der Waals surface area contributed by atoms with Crippen LogP contribution in [0.4, 0.5) is 11.6 Å². The van der Waals surface area contributed by atoms with Crippen LogP contribution in [0.1, 0.15) is 0 Å². The number of anilines is 2. The van der Waals surface area contributed by atoms with Crippen molar-refractivity contribution in [1.29, 1.82) is 0 Å². The molecule has 152 valence electrons. The highest BCUT2D eigenvalue weighted by Gasteiger charge is 2.14. The van der Waals surface area contributed by atoms with Crippen molar-refractivity contribution in [3.05, 3.63) is 40.8 Å². The van der Waals surface area contributed by atoms with E-state index >= 15 is 0 Å². The minimum atomic E-state index is -0.156. The molecule has 0 radical (unpaired) electrons. The maximum absolute atomic E-state index is 13.1. The normalized spacial score (nSPS) is 14.9. The number of fused-ring (bicyclic) bond motifs is 1. The third-order valence-corrected chi connectivity index (χ3v) is 5.13. The van der Waals surface area contributed by atoms with Crippen molar-refractivity contribution >= 4 is 22.5 Å². The predicted molar refractivity (Wildman–Crippen MR) is 112 cm³/mol. The first-order valence-corrected chi connectivity index (χ1v) is 9.47. The fourth-order valence-corrected chi connectivity index (χ4v) is 3.50. The highest BCUT2D eigenvalue weighted by Crippen LogP contribution is 2.27. The van der Waals surface area contributed by atoms with Crippen LogP contribution in [0.2, 0.25) is 0 Å². The summed E-state index contributed by atoms with van der Waals surface area (Å²) in [6, 6.07) is 7.23. The van der Waals surface area contributed by atoms with Crippen LogP contribution >= 0.6 is 0 Å². The average molecular weight is 396 g/mol. The average Bonchev–Trinajstić information content (AvgIpc) is 2.74. The minimum absolute atomic E-state index is 0.156. The molecule has 3 aromatic rings. The Kier molecular flexibility index (Phi) is 5.32. The van der Waals surface area contributed by atoms with E-state index in [-0.39, 0.29) is 11.5 Å². The van der Waals surface area contributed by atoms with E-state index < -0.39 is 0 Å². The molecule has 1 aromatic carbocycles. The first-order chi connectivity index (χ1) is 14.1. The quantitative estimate of drug-likeness (QED) is 0.654. The fraction of sp³-hybridized carbons (Fsp3) is 0.350. The summed E-state index contributed by atoms with van der Waals surface area (Å²) in [5, 5.41) is 0.507. The van der Waals surface area contributed by atoms with Gasteiger partial charge in [0.15, 0.2) is 0 Å². The van der Waals surface area contributed by atoms with Crippen molar-refractivity contribution in [3.63, 3.8) is 0 Å². The molecule has 9 nitrogen and oxygen atoms in total. The maximum atomic E-state index is 13.1. The highest BCUT2D eigenvalue weighted by molar-refractivity contribution is 5.85. The molecule has 0 bridgehead atoms. The lowest BCUT2D eigenvalue weighted by molar-refractivity contribution is 0.0363. The first kappa shape index (κ1) is 19.2. The third kappa shape index (κ3) is 3.87. The second kappa shape index (κ2) is 8.06. The molecular formula is C20H24N6O3. The summed E-state index contributed by atoms with van der Waals surface area (Å²) < 4.78 is 12.0. The van der Waals surface area contributed by atoms with Crippen LogP contribution in [0.3, 0.4) is 0 Å². The Labute approximate surface area is 167 Å². The molecule has 0 saturated carbocycles. The van der Waals surface area contributed by atoms with Crippen LogP contribution in [0, 0.1) is 0 Å². The summed E-state index contributed by atoms with van der Waals surface area (Å²) in [5.41, 5.74) is 14.5. The molecule has 4 rings (SSSR count). The van der Waals surface area contributed by atoms with Crippen LogP contribution in [-0.4, -0.2) is 59.4 Å². The second-order valence-electron chi connectivity index (χ2n) is 6.94. The number of nitrogen functional groups attached to an aromatic ring is 2. The zero-order valence-electron chi connectivity index (χ0n) is 16.3. The second-order valence-corrected chi connectivity index (χ2v) is 6.94. The lowest BCUT2D eigenvalue weighted by Crippen LogP contribution is -2.39. The summed E-state index contributed by atoms with van der Waals surface area (Å²) in [6.45, 7) is 4.33. The number of rotatable bonds is 5. The molecule has 1 fully saturated rings. The standard InChI is InChI=1S/C20H24N6O3/c1-28-18-16(21)11-14(12-23-18)13-2-3-17-15(10-13)19(27)26(20(22)24-17)5-4-25-6-8-29-9-7-25/h2-3,10-12H,4-9,21H2,1H3,(H2,22,24). The van der Waals surface area contributed by atoms with Gasteiger partial charge in [0.25, 0.3) is 5.56 Å². The van der Waals surface area contributed by atoms with E-state index in [1.807, 2.05) is 6.07 Å². The lowest BCUT2D eigenvalue weighted by Gasteiger charge is -2.26. The summed E-state index contributed by atoms with van der Waals surface area (Å²) in [5.74, 6) is 0.591. The number of hydrogen-bond donors (Lipinski definition) is 2. The van der Waals surface area contributed by atoms with Crippen molar-refractivity contribution in [2.24, 2.45) is 0 Å². The molecule has 29 heavy (non-hydrogen) atoms. The SMILES string of the molecule is COc1ncc(-c2ccc3nc(N)n(CCN4CCOCC4)c(=O)c3c2)cc1N. The molecule has 1 aliphatic heterocycles. The number of ether oxygens (including phenoxy) is 2. The van der Waals surface area contributed by atoms with Gasteiger partial charge in [-0.3, -0.25) is 14.3 Å². The van der Waals surface area contributed by atoms with Crippen LogP contribution in [-0.2, 0) is 11.3 Å². The molecule has 1 saturated heterocycles. The number of morpholine rings is 1. The molecule has 9 heteroatoms. The van der Waals surface area contributed by atoms with Gasteiger partial charge in [-0.15, -0.1) is 0 Å². The molecule has 1 aliphatic rings. The third-order valence-electron chi connectivity index (χ3n) is 5.13. The first-order valence-electron chi connectivity index (χ1n) is 9.47. The van der Waals surface area contributed by atoms with Crippen molar-refractivity contribution in [2.75, 3.05) is 51.4 Å². The van der Waals surface area contributed by atoms with Crippen LogP contribution in [0.5, 0.6) is 5.88 Å². The van der Waals surface area contributed by atoms with Gasteiger partial charge < -0.3 is 20.9 Å².